The lowest BCUT2D eigenvalue weighted by atomic mass is 10.2. The van der Waals surface area contributed by atoms with Crippen molar-refractivity contribution in [1.29, 1.82) is 0 Å². The molecular formula is C15H22N2O3. The van der Waals surface area contributed by atoms with E-state index in [2.05, 4.69) is 0 Å². The van der Waals surface area contributed by atoms with Crippen molar-refractivity contribution in [2.24, 2.45) is 0 Å². The molecule has 5 heteroatoms. The molecule has 2 heterocycles. The number of hydrogen-bond donors (Lipinski definition) is 0. The van der Waals surface area contributed by atoms with Crippen LogP contribution in [0.15, 0.2) is 23.1 Å². The zero-order valence-corrected chi connectivity index (χ0v) is 12.0. The third-order valence-electron chi connectivity index (χ3n) is 3.55. The Morgan fingerprint density at radius 3 is 2.60 bits per heavy atom. The number of amides is 1. The van der Waals surface area contributed by atoms with E-state index in [1.165, 1.54) is 17.4 Å². The van der Waals surface area contributed by atoms with Crippen LogP contribution in [-0.4, -0.2) is 35.1 Å². The molecule has 0 N–H and O–H groups in total. The van der Waals surface area contributed by atoms with Gasteiger partial charge in [-0.3, -0.25) is 9.59 Å². The van der Waals surface area contributed by atoms with Crippen LogP contribution >= 0.6 is 0 Å². The van der Waals surface area contributed by atoms with Crippen molar-refractivity contribution in [3.63, 3.8) is 0 Å². The summed E-state index contributed by atoms with van der Waals surface area (Å²) in [6.45, 7) is 3.98. The molecule has 0 bridgehead atoms. The van der Waals surface area contributed by atoms with Gasteiger partial charge in [0.1, 0.15) is 6.54 Å². The lowest BCUT2D eigenvalue weighted by molar-refractivity contribution is -0.131. The fourth-order valence-electron chi connectivity index (χ4n) is 2.47. The van der Waals surface area contributed by atoms with Crippen molar-refractivity contribution in [1.82, 2.24) is 9.47 Å². The third kappa shape index (κ3) is 3.62. The predicted octanol–water partition coefficient (Wildman–Crippen LogP) is 1.65. The molecule has 1 aliphatic heterocycles. The Morgan fingerprint density at radius 1 is 1.25 bits per heavy atom. The molecule has 1 aliphatic rings. The highest BCUT2D eigenvalue weighted by molar-refractivity contribution is 5.76. The Balaban J connectivity index is 2.07. The van der Waals surface area contributed by atoms with Crippen LogP contribution in [-0.2, 0) is 11.3 Å². The standard InChI is InChI=1S/C15H22N2O3/c1-2-20-13-8-7-11-17(15(13)19)12-14(18)16-9-5-3-4-6-10-16/h7-8,11H,2-6,9-10,12H2,1H3. The zero-order valence-electron chi connectivity index (χ0n) is 12.0. The van der Waals surface area contributed by atoms with Crippen LogP contribution in [0.5, 0.6) is 5.75 Å². The summed E-state index contributed by atoms with van der Waals surface area (Å²) in [6.07, 6.45) is 6.12. The molecule has 1 aromatic rings. The van der Waals surface area contributed by atoms with Crippen molar-refractivity contribution in [2.75, 3.05) is 19.7 Å². The van der Waals surface area contributed by atoms with Crippen LogP contribution in [0.4, 0.5) is 0 Å². The van der Waals surface area contributed by atoms with Crippen LogP contribution in [0.3, 0.4) is 0 Å². The molecule has 110 valence electrons. The van der Waals surface area contributed by atoms with Crippen molar-refractivity contribution in [3.05, 3.63) is 28.7 Å². The minimum atomic E-state index is -0.238. The van der Waals surface area contributed by atoms with E-state index < -0.39 is 0 Å². The molecule has 5 nitrogen and oxygen atoms in total. The van der Waals surface area contributed by atoms with Crippen LogP contribution in [0, 0.1) is 0 Å². The van der Waals surface area contributed by atoms with Gasteiger partial charge < -0.3 is 14.2 Å². The van der Waals surface area contributed by atoms with Crippen molar-refractivity contribution < 1.29 is 9.53 Å². The van der Waals surface area contributed by atoms with Crippen LogP contribution in [0.2, 0.25) is 0 Å². The van der Waals surface area contributed by atoms with E-state index in [4.69, 9.17) is 4.74 Å². The highest BCUT2D eigenvalue weighted by atomic mass is 16.5. The van der Waals surface area contributed by atoms with Gasteiger partial charge in [0.25, 0.3) is 5.56 Å². The van der Waals surface area contributed by atoms with E-state index in [1.807, 2.05) is 11.8 Å². The summed E-state index contributed by atoms with van der Waals surface area (Å²) in [7, 11) is 0. The van der Waals surface area contributed by atoms with Gasteiger partial charge in [-0.15, -0.1) is 0 Å². The maximum Gasteiger partial charge on any atom is 0.293 e. The number of likely N-dealkylation sites (tertiary alicyclic amines) is 1. The van der Waals surface area contributed by atoms with Gasteiger partial charge in [0, 0.05) is 19.3 Å². The smallest absolute Gasteiger partial charge is 0.293 e. The highest BCUT2D eigenvalue weighted by Crippen LogP contribution is 2.10. The Morgan fingerprint density at radius 2 is 1.95 bits per heavy atom. The van der Waals surface area contributed by atoms with Gasteiger partial charge in [-0.05, 0) is 31.9 Å². The summed E-state index contributed by atoms with van der Waals surface area (Å²) < 4.78 is 6.69. The second-order valence-corrected chi connectivity index (χ2v) is 5.03. The SMILES string of the molecule is CCOc1cccn(CC(=O)N2CCCCCC2)c1=O. The number of carbonyl (C=O) groups is 1. The number of rotatable bonds is 4. The van der Waals surface area contributed by atoms with E-state index in [1.54, 1.807) is 18.3 Å². The third-order valence-corrected chi connectivity index (χ3v) is 3.55. The van der Waals surface area contributed by atoms with E-state index in [0.717, 1.165) is 25.9 Å². The molecule has 1 fully saturated rings. The minimum absolute atomic E-state index is 0.0163. The van der Waals surface area contributed by atoms with Gasteiger partial charge in [-0.1, -0.05) is 12.8 Å². The van der Waals surface area contributed by atoms with Gasteiger partial charge in [0.2, 0.25) is 5.91 Å². The zero-order chi connectivity index (χ0) is 14.4. The summed E-state index contributed by atoms with van der Waals surface area (Å²) in [5.74, 6) is 0.321. The predicted molar refractivity (Wildman–Crippen MR) is 76.9 cm³/mol. The molecule has 0 radical (unpaired) electrons. The second kappa shape index (κ2) is 7.12. The molecule has 0 aliphatic carbocycles. The minimum Gasteiger partial charge on any atom is -0.488 e. The van der Waals surface area contributed by atoms with Gasteiger partial charge in [0.15, 0.2) is 5.75 Å². The summed E-state index contributed by atoms with van der Waals surface area (Å²) in [6, 6.07) is 3.38. The molecule has 0 aromatic carbocycles. The molecular weight excluding hydrogens is 256 g/mol. The molecule has 0 spiro atoms. The van der Waals surface area contributed by atoms with E-state index >= 15 is 0 Å². The number of nitrogens with zero attached hydrogens (tertiary/aromatic N) is 2. The molecule has 1 aromatic heterocycles. The van der Waals surface area contributed by atoms with Crippen molar-refractivity contribution in [3.8, 4) is 5.75 Å². The maximum absolute atomic E-state index is 12.3. The number of carbonyl (C=O) groups excluding carboxylic acids is 1. The van der Waals surface area contributed by atoms with Gasteiger partial charge in [0.05, 0.1) is 6.61 Å². The Hall–Kier alpha value is -1.78. The first-order valence-corrected chi connectivity index (χ1v) is 7.32. The van der Waals surface area contributed by atoms with Gasteiger partial charge >= 0.3 is 0 Å². The second-order valence-electron chi connectivity index (χ2n) is 5.03. The molecule has 1 amide bonds. The first kappa shape index (κ1) is 14.6. The Bertz CT molecular complexity index is 502. The first-order valence-electron chi connectivity index (χ1n) is 7.32. The molecule has 0 atom stereocenters. The van der Waals surface area contributed by atoms with Crippen molar-refractivity contribution >= 4 is 5.91 Å². The van der Waals surface area contributed by atoms with Crippen LogP contribution in [0.1, 0.15) is 32.6 Å². The first-order chi connectivity index (χ1) is 9.72. The summed E-state index contributed by atoms with van der Waals surface area (Å²) >= 11 is 0. The van der Waals surface area contributed by atoms with E-state index in [-0.39, 0.29) is 18.0 Å². The molecule has 20 heavy (non-hydrogen) atoms. The van der Waals surface area contributed by atoms with E-state index in [0.29, 0.717) is 12.4 Å². The average Bonchev–Trinajstić information content (AvgIpc) is 2.72. The van der Waals surface area contributed by atoms with Crippen LogP contribution < -0.4 is 10.3 Å². The lowest BCUT2D eigenvalue weighted by Crippen LogP contribution is -2.37. The van der Waals surface area contributed by atoms with E-state index in [9.17, 15) is 9.59 Å². The fraction of sp³-hybridized carbons (Fsp3) is 0.600. The quantitative estimate of drug-likeness (QED) is 0.841. The molecule has 0 saturated carbocycles. The lowest BCUT2D eigenvalue weighted by Gasteiger charge is -2.20. The topological polar surface area (TPSA) is 51.5 Å². The van der Waals surface area contributed by atoms with Gasteiger partial charge in [-0.25, -0.2) is 0 Å². The number of ether oxygens (including phenoxy) is 1. The number of aromatic nitrogens is 1. The van der Waals surface area contributed by atoms with Gasteiger partial charge in [-0.2, -0.15) is 0 Å². The summed E-state index contributed by atoms with van der Waals surface area (Å²) in [5.41, 5.74) is -0.238. The summed E-state index contributed by atoms with van der Waals surface area (Å²) in [4.78, 5) is 26.2. The fourth-order valence-corrected chi connectivity index (χ4v) is 2.47. The molecule has 1 saturated heterocycles. The molecule has 2 rings (SSSR count). The highest BCUT2D eigenvalue weighted by Gasteiger charge is 2.16. The van der Waals surface area contributed by atoms with Crippen molar-refractivity contribution in [2.45, 2.75) is 39.2 Å². The number of hydrogen-bond acceptors (Lipinski definition) is 3. The Kier molecular flexibility index (Phi) is 5.21. The normalized spacial score (nSPS) is 15.8. The largest absolute Gasteiger partial charge is 0.488 e. The summed E-state index contributed by atoms with van der Waals surface area (Å²) in [5, 5.41) is 0. The van der Waals surface area contributed by atoms with Crippen LogP contribution in [0.25, 0.3) is 0 Å². The monoisotopic (exact) mass is 278 g/mol. The molecule has 0 unspecified atom stereocenters. The Labute approximate surface area is 119 Å². The number of pyridine rings is 1. The maximum atomic E-state index is 12.3. The average molecular weight is 278 g/mol.